The molecule has 0 bridgehead atoms. The molecule has 1 aromatic rings. The van der Waals surface area contributed by atoms with Gasteiger partial charge in [-0.3, -0.25) is 4.90 Å². The van der Waals surface area contributed by atoms with Crippen molar-refractivity contribution >= 4 is 11.4 Å². The van der Waals surface area contributed by atoms with Gasteiger partial charge in [0.25, 0.3) is 0 Å². The van der Waals surface area contributed by atoms with Crippen molar-refractivity contribution in [3.63, 3.8) is 0 Å². The van der Waals surface area contributed by atoms with Crippen LogP contribution < -0.4 is 9.80 Å². The van der Waals surface area contributed by atoms with E-state index in [0.29, 0.717) is 11.3 Å². The largest absolute Gasteiger partial charge is 0.378 e. The molecule has 1 aliphatic carbocycles. The van der Waals surface area contributed by atoms with E-state index < -0.39 is 0 Å². The number of nitrogens with zero attached hydrogens (tertiary/aromatic N) is 3. The minimum Gasteiger partial charge on any atom is -0.378 e. The molecule has 0 amide bonds. The molecule has 0 spiro atoms. The Kier molecular flexibility index (Phi) is 7.25. The molecule has 30 heavy (non-hydrogen) atoms. The Labute approximate surface area is 184 Å². The van der Waals surface area contributed by atoms with Crippen molar-refractivity contribution in [3.05, 3.63) is 23.8 Å². The Morgan fingerprint density at radius 2 is 1.63 bits per heavy atom. The first kappa shape index (κ1) is 22.0. The zero-order valence-corrected chi connectivity index (χ0v) is 19.7. The highest BCUT2D eigenvalue weighted by Crippen LogP contribution is 2.45. The molecule has 0 N–H and O–H groups in total. The smallest absolute Gasteiger partial charge is 0.0642 e. The van der Waals surface area contributed by atoms with E-state index in [1.54, 1.807) is 5.56 Å². The van der Waals surface area contributed by atoms with Crippen molar-refractivity contribution in [1.29, 1.82) is 0 Å². The number of unbranched alkanes of at least 4 members (excludes halogenated alkanes) is 1. The van der Waals surface area contributed by atoms with E-state index >= 15 is 0 Å². The summed E-state index contributed by atoms with van der Waals surface area (Å²) in [6.07, 6.45) is 8.00. The lowest BCUT2D eigenvalue weighted by Gasteiger charge is -2.40. The maximum absolute atomic E-state index is 5.59. The van der Waals surface area contributed by atoms with Crippen LogP contribution in [0, 0.1) is 5.41 Å². The summed E-state index contributed by atoms with van der Waals surface area (Å²) in [5.74, 6) is 0.715. The summed E-state index contributed by atoms with van der Waals surface area (Å²) >= 11 is 0. The Balaban J connectivity index is 1.53. The highest BCUT2D eigenvalue weighted by atomic mass is 16.5. The second kappa shape index (κ2) is 9.91. The van der Waals surface area contributed by atoms with Gasteiger partial charge in [-0.25, -0.2) is 0 Å². The van der Waals surface area contributed by atoms with Gasteiger partial charge in [-0.1, -0.05) is 27.2 Å². The third-order valence-electron chi connectivity index (χ3n) is 7.71. The van der Waals surface area contributed by atoms with E-state index in [1.807, 2.05) is 0 Å². The van der Waals surface area contributed by atoms with E-state index in [2.05, 4.69) is 53.7 Å². The fraction of sp³-hybridized carbons (Fsp3) is 0.769. The SMILES string of the molecule is CCCCN1CCN(c2ccc(N3CCOCC3)cc2C2CCC(C)(C)CC2)CC1. The summed E-state index contributed by atoms with van der Waals surface area (Å²) in [5.41, 5.74) is 5.07. The Bertz CT molecular complexity index is 665. The van der Waals surface area contributed by atoms with Crippen LogP contribution in [0.25, 0.3) is 0 Å². The average Bonchev–Trinajstić information content (AvgIpc) is 2.78. The predicted molar refractivity (Wildman–Crippen MR) is 128 cm³/mol. The van der Waals surface area contributed by atoms with Gasteiger partial charge in [-0.15, -0.1) is 0 Å². The zero-order valence-electron chi connectivity index (χ0n) is 19.7. The van der Waals surface area contributed by atoms with Crippen molar-refractivity contribution < 1.29 is 4.74 Å². The lowest BCUT2D eigenvalue weighted by Crippen LogP contribution is -2.47. The number of morpholine rings is 1. The molecule has 1 aromatic carbocycles. The molecule has 4 heteroatoms. The molecule has 3 fully saturated rings. The molecule has 0 radical (unpaired) electrons. The Hall–Kier alpha value is -1.26. The fourth-order valence-corrected chi connectivity index (χ4v) is 5.48. The molecule has 168 valence electrons. The van der Waals surface area contributed by atoms with Gasteiger partial charge in [0.1, 0.15) is 0 Å². The van der Waals surface area contributed by atoms with E-state index in [-0.39, 0.29) is 0 Å². The van der Waals surface area contributed by atoms with Crippen LogP contribution in [-0.4, -0.2) is 63.9 Å². The molecule has 4 nitrogen and oxygen atoms in total. The molecule has 3 aliphatic rings. The molecule has 2 heterocycles. The maximum atomic E-state index is 5.59. The van der Waals surface area contributed by atoms with Gasteiger partial charge in [0, 0.05) is 50.6 Å². The Morgan fingerprint density at radius 3 is 2.30 bits per heavy atom. The second-order valence-electron chi connectivity index (χ2n) is 10.5. The number of ether oxygens (including phenoxy) is 1. The molecule has 2 aliphatic heterocycles. The minimum absolute atomic E-state index is 0.517. The monoisotopic (exact) mass is 413 g/mol. The van der Waals surface area contributed by atoms with Crippen LogP contribution in [0.5, 0.6) is 0 Å². The average molecular weight is 414 g/mol. The van der Waals surface area contributed by atoms with Gasteiger partial charge in [0.15, 0.2) is 0 Å². The van der Waals surface area contributed by atoms with Crippen LogP contribution >= 0.6 is 0 Å². The zero-order chi connectivity index (χ0) is 21.0. The second-order valence-corrected chi connectivity index (χ2v) is 10.5. The van der Waals surface area contributed by atoms with E-state index in [9.17, 15) is 0 Å². The highest BCUT2D eigenvalue weighted by molar-refractivity contribution is 5.63. The lowest BCUT2D eigenvalue weighted by atomic mass is 9.71. The summed E-state index contributed by atoms with van der Waals surface area (Å²) in [4.78, 5) is 7.86. The standard InChI is InChI=1S/C26H43N3O/c1-4-5-12-27-13-15-29(16-14-27)25-7-6-23(28-17-19-30-20-18-28)21-24(25)22-8-10-26(2,3)11-9-22/h6-7,21-22H,4-5,8-20H2,1-3H3. The number of hydrogen-bond acceptors (Lipinski definition) is 4. The van der Waals surface area contributed by atoms with Crippen LogP contribution in [0.4, 0.5) is 11.4 Å². The first-order valence-electron chi connectivity index (χ1n) is 12.5. The van der Waals surface area contributed by atoms with Crippen molar-refractivity contribution in [2.24, 2.45) is 5.41 Å². The van der Waals surface area contributed by atoms with Gasteiger partial charge < -0.3 is 14.5 Å². The molecular formula is C26H43N3O. The molecule has 0 unspecified atom stereocenters. The first-order valence-corrected chi connectivity index (χ1v) is 12.5. The van der Waals surface area contributed by atoms with Gasteiger partial charge in [0.2, 0.25) is 0 Å². The normalized spacial score (nSPS) is 23.7. The lowest BCUT2D eigenvalue weighted by molar-refractivity contribution is 0.122. The van der Waals surface area contributed by atoms with Crippen LogP contribution in [0.3, 0.4) is 0 Å². The van der Waals surface area contributed by atoms with Crippen molar-refractivity contribution in [3.8, 4) is 0 Å². The number of hydrogen-bond donors (Lipinski definition) is 0. The molecule has 2 saturated heterocycles. The topological polar surface area (TPSA) is 19.0 Å². The van der Waals surface area contributed by atoms with Crippen molar-refractivity contribution in [2.75, 3.05) is 68.8 Å². The summed E-state index contributed by atoms with van der Waals surface area (Å²) in [6.45, 7) is 17.0. The van der Waals surface area contributed by atoms with Gasteiger partial charge in [-0.2, -0.15) is 0 Å². The van der Waals surface area contributed by atoms with Crippen LogP contribution in [-0.2, 0) is 4.74 Å². The summed E-state index contributed by atoms with van der Waals surface area (Å²) in [5, 5.41) is 0. The van der Waals surface area contributed by atoms with E-state index in [0.717, 1.165) is 26.3 Å². The predicted octanol–water partition coefficient (Wildman–Crippen LogP) is 5.13. The first-order chi connectivity index (χ1) is 14.6. The quantitative estimate of drug-likeness (QED) is 0.643. The molecule has 0 aromatic heterocycles. The number of anilines is 2. The molecule has 4 rings (SSSR count). The third kappa shape index (κ3) is 5.31. The number of piperazine rings is 1. The summed E-state index contributed by atoms with van der Waals surface area (Å²) in [6, 6.07) is 7.37. The molecular weight excluding hydrogens is 370 g/mol. The van der Waals surface area contributed by atoms with Crippen LogP contribution in [0.15, 0.2) is 18.2 Å². The maximum Gasteiger partial charge on any atom is 0.0642 e. The fourth-order valence-electron chi connectivity index (χ4n) is 5.48. The summed E-state index contributed by atoms with van der Waals surface area (Å²) < 4.78 is 5.59. The number of rotatable bonds is 6. The van der Waals surface area contributed by atoms with Crippen molar-refractivity contribution in [2.45, 2.75) is 65.2 Å². The van der Waals surface area contributed by atoms with Gasteiger partial charge in [-0.05, 0) is 73.7 Å². The van der Waals surface area contributed by atoms with Crippen LogP contribution in [0.2, 0.25) is 0 Å². The van der Waals surface area contributed by atoms with Crippen LogP contribution in [0.1, 0.15) is 70.8 Å². The molecule has 0 atom stereocenters. The number of benzene rings is 1. The van der Waals surface area contributed by atoms with Crippen molar-refractivity contribution in [1.82, 2.24) is 4.90 Å². The van der Waals surface area contributed by atoms with E-state index in [1.165, 1.54) is 82.6 Å². The molecule has 1 saturated carbocycles. The van der Waals surface area contributed by atoms with Gasteiger partial charge in [0.05, 0.1) is 13.2 Å². The minimum atomic E-state index is 0.517. The van der Waals surface area contributed by atoms with Gasteiger partial charge >= 0.3 is 0 Å². The Morgan fingerprint density at radius 1 is 0.933 bits per heavy atom. The third-order valence-corrected chi connectivity index (χ3v) is 7.71. The van der Waals surface area contributed by atoms with E-state index in [4.69, 9.17) is 4.74 Å². The summed E-state index contributed by atoms with van der Waals surface area (Å²) in [7, 11) is 0. The highest BCUT2D eigenvalue weighted by Gasteiger charge is 2.30.